The number of nitrogens with zero attached hydrogens (tertiary/aromatic N) is 1. The molecule has 8 nitrogen and oxygen atoms in total. The van der Waals surface area contributed by atoms with Crippen LogP contribution in [-0.4, -0.2) is 61.6 Å². The van der Waals surface area contributed by atoms with E-state index in [9.17, 15) is 14.4 Å². The van der Waals surface area contributed by atoms with Gasteiger partial charge in [0.1, 0.15) is 13.2 Å². The highest BCUT2D eigenvalue weighted by Gasteiger charge is 2.24. The molecule has 0 bridgehead atoms. The summed E-state index contributed by atoms with van der Waals surface area (Å²) in [6, 6.07) is -0.371. The van der Waals surface area contributed by atoms with E-state index in [1.807, 2.05) is 0 Å². The van der Waals surface area contributed by atoms with Crippen LogP contribution in [0, 0.1) is 0 Å². The smallest absolute Gasteiger partial charge is 0.305 e. The van der Waals surface area contributed by atoms with Crippen molar-refractivity contribution in [2.45, 2.75) is 219 Å². The van der Waals surface area contributed by atoms with Crippen LogP contribution in [0.1, 0.15) is 213 Å². The highest BCUT2D eigenvalue weighted by atomic mass is 16.5. The summed E-state index contributed by atoms with van der Waals surface area (Å²) in [4.78, 5) is 39.5. The summed E-state index contributed by atoms with van der Waals surface area (Å²) < 4.78 is 11.0. The van der Waals surface area contributed by atoms with E-state index in [0.29, 0.717) is 32.4 Å². The van der Waals surface area contributed by atoms with Gasteiger partial charge in [0.05, 0.1) is 19.6 Å². The lowest BCUT2D eigenvalue weighted by Gasteiger charge is -2.24. The molecule has 0 aliphatic heterocycles. The van der Waals surface area contributed by atoms with Gasteiger partial charge in [0, 0.05) is 19.3 Å². The van der Waals surface area contributed by atoms with Crippen LogP contribution in [-0.2, 0) is 23.9 Å². The predicted octanol–water partition coefficient (Wildman–Crippen LogP) is 8.89. The minimum atomic E-state index is -0.371. The van der Waals surface area contributed by atoms with Gasteiger partial charge in [-0.3, -0.25) is 14.4 Å². The summed E-state index contributed by atoms with van der Waals surface area (Å²) >= 11 is 0. The van der Waals surface area contributed by atoms with Crippen molar-refractivity contribution in [2.24, 2.45) is 0 Å². The van der Waals surface area contributed by atoms with E-state index in [4.69, 9.17) is 9.47 Å². The average molecular weight is 712 g/mol. The Balaban J connectivity index is 4.14. The Hall–Kier alpha value is -1.67. The summed E-state index contributed by atoms with van der Waals surface area (Å²) in [7, 11) is 0. The fourth-order valence-corrected chi connectivity index (χ4v) is 6.54. The molecule has 6 N–H and O–H groups in total. The van der Waals surface area contributed by atoms with Gasteiger partial charge >= 0.3 is 11.9 Å². The molecule has 1 amide bonds. The molecule has 1 unspecified atom stereocenters. The number of hydrogen-bond donors (Lipinski definition) is 2. The first-order valence-corrected chi connectivity index (χ1v) is 21.7. The molecule has 0 aliphatic carbocycles. The number of quaternary nitrogens is 2. The van der Waals surface area contributed by atoms with Gasteiger partial charge in [-0.25, -0.2) is 0 Å². The van der Waals surface area contributed by atoms with E-state index < -0.39 is 0 Å². The molecule has 0 fully saturated rings. The lowest BCUT2D eigenvalue weighted by molar-refractivity contribution is -0.408. The molecule has 0 saturated heterocycles. The zero-order valence-corrected chi connectivity index (χ0v) is 33.4. The van der Waals surface area contributed by atoms with E-state index in [0.717, 1.165) is 45.1 Å². The molecule has 0 aromatic carbocycles. The van der Waals surface area contributed by atoms with E-state index in [1.165, 1.54) is 141 Å². The molecular formula is C42H85N3O5+2. The van der Waals surface area contributed by atoms with Gasteiger partial charge in [-0.2, -0.15) is 0 Å². The molecule has 0 radical (unpaired) electrons. The third kappa shape index (κ3) is 33.5. The monoisotopic (exact) mass is 712 g/mol. The Kier molecular flexibility index (Phi) is 37.3. The highest BCUT2D eigenvalue weighted by Crippen LogP contribution is 2.15. The highest BCUT2D eigenvalue weighted by molar-refractivity contribution is 5.80. The number of carbonyl (C=O) groups excluding carboxylic acids is 3. The number of rotatable bonds is 39. The number of unbranched alkanes of at least 4 members (excludes halogenated alkanes) is 25. The summed E-state index contributed by atoms with van der Waals surface area (Å²) in [6.45, 7) is 6.26. The molecule has 0 aromatic rings. The van der Waals surface area contributed by atoms with Crippen molar-refractivity contribution in [1.29, 1.82) is 0 Å². The van der Waals surface area contributed by atoms with E-state index in [1.54, 1.807) is 4.90 Å². The maximum Gasteiger partial charge on any atom is 0.305 e. The Labute approximate surface area is 309 Å². The number of carbonyl (C=O) groups is 3. The second-order valence-electron chi connectivity index (χ2n) is 14.8. The first-order chi connectivity index (χ1) is 24.5. The third-order valence-electron chi connectivity index (χ3n) is 9.93. The Morgan fingerprint density at radius 2 is 0.800 bits per heavy atom. The molecule has 0 saturated carbocycles. The molecule has 0 aliphatic rings. The van der Waals surface area contributed by atoms with Crippen molar-refractivity contribution in [2.75, 3.05) is 32.8 Å². The van der Waals surface area contributed by atoms with Crippen molar-refractivity contribution >= 4 is 17.8 Å². The number of amides is 1. The van der Waals surface area contributed by atoms with Crippen LogP contribution in [0.2, 0.25) is 0 Å². The van der Waals surface area contributed by atoms with Crippen LogP contribution in [0.4, 0.5) is 0 Å². The minimum Gasteiger partial charge on any atom is -0.464 e. The molecular weight excluding hydrogens is 626 g/mol. The zero-order valence-electron chi connectivity index (χ0n) is 33.4. The van der Waals surface area contributed by atoms with Gasteiger partial charge in [0.2, 0.25) is 0 Å². The molecule has 50 heavy (non-hydrogen) atoms. The fourth-order valence-electron chi connectivity index (χ4n) is 6.54. The summed E-state index contributed by atoms with van der Waals surface area (Å²) in [5, 5.41) is 0. The average Bonchev–Trinajstić information content (AvgIpc) is 3.11. The lowest BCUT2D eigenvalue weighted by atomic mass is 10.0. The van der Waals surface area contributed by atoms with Crippen molar-refractivity contribution in [3.8, 4) is 0 Å². The fraction of sp³-hybridized carbons (Fsp3) is 0.929. The Morgan fingerprint density at radius 1 is 0.480 bits per heavy atom. The van der Waals surface area contributed by atoms with Crippen molar-refractivity contribution in [3.63, 3.8) is 0 Å². The molecule has 1 atom stereocenters. The van der Waals surface area contributed by atoms with Crippen molar-refractivity contribution in [3.05, 3.63) is 0 Å². The molecule has 8 heteroatoms. The third-order valence-corrected chi connectivity index (χ3v) is 9.93. The summed E-state index contributed by atoms with van der Waals surface area (Å²) in [5.74, 6) is -0.480. The quantitative estimate of drug-likeness (QED) is 0.0486. The van der Waals surface area contributed by atoms with Gasteiger partial charge < -0.3 is 25.8 Å². The first-order valence-electron chi connectivity index (χ1n) is 21.7. The van der Waals surface area contributed by atoms with Gasteiger partial charge in [0.15, 0.2) is 6.04 Å². The van der Waals surface area contributed by atoms with Crippen LogP contribution in [0.15, 0.2) is 0 Å². The minimum absolute atomic E-state index is 0.0749. The van der Waals surface area contributed by atoms with Crippen LogP contribution in [0.5, 0.6) is 0 Å². The second kappa shape index (κ2) is 38.6. The van der Waals surface area contributed by atoms with Crippen molar-refractivity contribution in [1.82, 2.24) is 4.90 Å². The standard InChI is InChI=1S/C42H83N3O5/c1-3-5-7-9-11-13-15-17-19-21-23-25-27-32-40(46)49-37-35-45(42(48)39(44)31-29-30-34-43)36-38-50-41(47)33-28-26-24-22-20-18-16-14-12-10-8-6-4-2/h39H,3-38,43-44H2,1-2H3/p+2. The molecule has 296 valence electrons. The summed E-state index contributed by atoms with van der Waals surface area (Å²) in [5.41, 5.74) is 7.97. The van der Waals surface area contributed by atoms with E-state index in [-0.39, 0.29) is 37.1 Å². The number of hydrogen-bond acceptors (Lipinski definition) is 5. The topological polar surface area (TPSA) is 128 Å². The molecule has 0 spiro atoms. The number of esters is 2. The van der Waals surface area contributed by atoms with Crippen LogP contribution in [0.3, 0.4) is 0 Å². The SMILES string of the molecule is CCCCCCCCCCCCCCCC(=O)OCCN(CCOC(=O)CCCCCCCCCCCCCCC)C(=O)C([NH3+])CCCC[NH3+]. The van der Waals surface area contributed by atoms with E-state index in [2.05, 4.69) is 25.3 Å². The van der Waals surface area contributed by atoms with E-state index >= 15 is 0 Å². The van der Waals surface area contributed by atoms with Crippen LogP contribution < -0.4 is 11.5 Å². The lowest BCUT2D eigenvalue weighted by Crippen LogP contribution is -2.68. The van der Waals surface area contributed by atoms with Crippen molar-refractivity contribution < 1.29 is 35.3 Å². The zero-order chi connectivity index (χ0) is 36.8. The molecule has 0 heterocycles. The predicted molar refractivity (Wildman–Crippen MR) is 207 cm³/mol. The molecule has 0 aromatic heterocycles. The van der Waals surface area contributed by atoms with Crippen LogP contribution in [0.25, 0.3) is 0 Å². The maximum absolute atomic E-state index is 13.2. The van der Waals surface area contributed by atoms with Gasteiger partial charge in [0.25, 0.3) is 5.91 Å². The Morgan fingerprint density at radius 3 is 1.12 bits per heavy atom. The van der Waals surface area contributed by atoms with Crippen LogP contribution >= 0.6 is 0 Å². The first kappa shape index (κ1) is 48.3. The Bertz CT molecular complexity index is 718. The second-order valence-corrected chi connectivity index (χ2v) is 14.8. The van der Waals surface area contributed by atoms with Gasteiger partial charge in [-0.05, 0) is 25.7 Å². The van der Waals surface area contributed by atoms with Gasteiger partial charge in [-0.15, -0.1) is 0 Å². The largest absolute Gasteiger partial charge is 0.464 e. The number of ether oxygens (including phenoxy) is 2. The maximum atomic E-state index is 13.2. The molecule has 0 rings (SSSR count). The normalized spacial score (nSPS) is 11.8. The van der Waals surface area contributed by atoms with Gasteiger partial charge in [-0.1, -0.05) is 168 Å². The summed E-state index contributed by atoms with van der Waals surface area (Å²) in [6.07, 6.45) is 36.4.